The molecule has 0 saturated carbocycles. The zero-order chi connectivity index (χ0) is 18.4. The lowest BCUT2D eigenvalue weighted by atomic mass is 9.87. The van der Waals surface area contributed by atoms with E-state index >= 15 is 0 Å². The maximum Gasteiger partial charge on any atom is 0.154 e. The van der Waals surface area contributed by atoms with E-state index in [1.807, 2.05) is 37.3 Å². The van der Waals surface area contributed by atoms with Gasteiger partial charge in [-0.15, -0.1) is 0 Å². The van der Waals surface area contributed by atoms with Crippen molar-refractivity contribution < 1.29 is 4.84 Å². The monoisotopic (exact) mass is 367 g/mol. The van der Waals surface area contributed by atoms with Crippen molar-refractivity contribution >= 4 is 22.6 Å². The van der Waals surface area contributed by atoms with Crippen LogP contribution in [0.3, 0.4) is 0 Å². The molecule has 136 valence electrons. The molecule has 1 aliphatic rings. The first-order valence-electron chi connectivity index (χ1n) is 8.86. The van der Waals surface area contributed by atoms with Crippen LogP contribution in [0.15, 0.2) is 64.7 Å². The largest absolute Gasteiger partial charge is 0.391 e. The lowest BCUT2D eigenvalue weighted by Gasteiger charge is -2.25. The topological polar surface area (TPSA) is 60.0 Å². The molecule has 0 aromatic heterocycles. The Labute approximate surface area is 159 Å². The van der Waals surface area contributed by atoms with Crippen molar-refractivity contribution in [2.75, 3.05) is 5.75 Å². The number of nitrogens with two attached hydrogens (primary N) is 1. The van der Waals surface area contributed by atoms with Gasteiger partial charge in [0.25, 0.3) is 0 Å². The Morgan fingerprint density at radius 1 is 1.23 bits per heavy atom. The van der Waals surface area contributed by atoms with Crippen LogP contribution in [0.5, 0.6) is 0 Å². The van der Waals surface area contributed by atoms with Gasteiger partial charge in [-0.25, -0.2) is 0 Å². The van der Waals surface area contributed by atoms with Crippen molar-refractivity contribution in [1.82, 2.24) is 0 Å². The van der Waals surface area contributed by atoms with Gasteiger partial charge in [-0.3, -0.25) is 4.99 Å². The molecule has 0 spiro atoms. The Kier molecular flexibility index (Phi) is 5.99. The summed E-state index contributed by atoms with van der Waals surface area (Å²) in [6, 6.07) is 18.4. The Hall–Kier alpha value is -2.27. The first-order valence-corrected chi connectivity index (χ1v) is 9.85. The minimum atomic E-state index is -0.283. The predicted molar refractivity (Wildman–Crippen MR) is 111 cm³/mol. The number of rotatable bonds is 5. The van der Waals surface area contributed by atoms with E-state index in [-0.39, 0.29) is 5.54 Å². The molecular weight excluding hydrogens is 342 g/mol. The molecule has 3 rings (SSSR count). The lowest BCUT2D eigenvalue weighted by molar-refractivity contribution is 0.130. The SMILES string of the molecule is C/C(=N\OCc1ccccc1)c1cccc(C2(C)CCCSC(N)=N2)c1. The van der Waals surface area contributed by atoms with Crippen molar-refractivity contribution in [3.63, 3.8) is 0 Å². The summed E-state index contributed by atoms with van der Waals surface area (Å²) in [5.74, 6) is 1.03. The first kappa shape index (κ1) is 18.5. The highest BCUT2D eigenvalue weighted by molar-refractivity contribution is 8.13. The van der Waals surface area contributed by atoms with Crippen LogP contribution >= 0.6 is 11.8 Å². The van der Waals surface area contributed by atoms with Crippen molar-refractivity contribution in [1.29, 1.82) is 0 Å². The molecule has 2 N–H and O–H groups in total. The molecule has 0 amide bonds. The smallest absolute Gasteiger partial charge is 0.154 e. The molecule has 26 heavy (non-hydrogen) atoms. The summed E-state index contributed by atoms with van der Waals surface area (Å²) in [7, 11) is 0. The number of hydrogen-bond donors (Lipinski definition) is 1. The fourth-order valence-electron chi connectivity index (χ4n) is 3.04. The van der Waals surface area contributed by atoms with Gasteiger partial charge in [-0.05, 0) is 49.4 Å². The number of oxime groups is 1. The molecule has 1 heterocycles. The van der Waals surface area contributed by atoms with E-state index in [0.717, 1.165) is 41.0 Å². The number of thioether (sulfide) groups is 1. The van der Waals surface area contributed by atoms with E-state index in [2.05, 4.69) is 36.3 Å². The quantitative estimate of drug-likeness (QED) is 0.616. The van der Waals surface area contributed by atoms with Crippen LogP contribution in [0.4, 0.5) is 0 Å². The van der Waals surface area contributed by atoms with Gasteiger partial charge in [0.05, 0.1) is 11.3 Å². The van der Waals surface area contributed by atoms with Crippen LogP contribution in [0.1, 0.15) is 43.4 Å². The summed E-state index contributed by atoms with van der Waals surface area (Å²) in [4.78, 5) is 10.3. The molecule has 1 unspecified atom stereocenters. The van der Waals surface area contributed by atoms with Crippen LogP contribution in [-0.2, 0) is 17.0 Å². The molecule has 0 radical (unpaired) electrons. The standard InChI is InChI=1S/C21H25N3OS/c1-16(24-25-15-17-8-4-3-5-9-17)18-10-6-11-19(14-18)21(2)12-7-13-26-20(22)23-21/h3-6,8-11,14H,7,12-13,15H2,1-2H3,(H2,22,23)/b24-16+. The molecule has 1 atom stereocenters. The number of benzene rings is 2. The summed E-state index contributed by atoms with van der Waals surface area (Å²) in [6.07, 6.45) is 2.09. The van der Waals surface area contributed by atoms with E-state index in [1.54, 1.807) is 11.8 Å². The maximum absolute atomic E-state index is 6.04. The second-order valence-corrected chi connectivity index (χ2v) is 7.81. The number of amidine groups is 1. The minimum absolute atomic E-state index is 0.283. The summed E-state index contributed by atoms with van der Waals surface area (Å²) in [5, 5.41) is 4.96. The van der Waals surface area contributed by atoms with Crippen LogP contribution in [0.25, 0.3) is 0 Å². The van der Waals surface area contributed by atoms with Gasteiger partial charge < -0.3 is 10.6 Å². The molecule has 2 aromatic carbocycles. The number of nitrogens with zero attached hydrogens (tertiary/aromatic N) is 2. The molecule has 0 aliphatic carbocycles. The van der Waals surface area contributed by atoms with Crippen LogP contribution in [-0.4, -0.2) is 16.6 Å². The Balaban J connectivity index is 1.75. The maximum atomic E-state index is 6.04. The second kappa shape index (κ2) is 8.41. The van der Waals surface area contributed by atoms with Crippen molar-refractivity contribution in [2.45, 2.75) is 38.8 Å². The van der Waals surface area contributed by atoms with Crippen molar-refractivity contribution in [3.8, 4) is 0 Å². The van der Waals surface area contributed by atoms with E-state index in [9.17, 15) is 0 Å². The zero-order valence-electron chi connectivity index (χ0n) is 15.3. The van der Waals surface area contributed by atoms with E-state index in [4.69, 9.17) is 15.6 Å². The number of aliphatic imine (C=N–C) groups is 1. The summed E-state index contributed by atoms with van der Waals surface area (Å²) in [6.45, 7) is 4.59. The van der Waals surface area contributed by atoms with Crippen LogP contribution in [0, 0.1) is 0 Å². The molecule has 4 nitrogen and oxygen atoms in total. The van der Waals surface area contributed by atoms with E-state index in [1.165, 1.54) is 0 Å². The van der Waals surface area contributed by atoms with E-state index < -0.39 is 0 Å². The third-order valence-electron chi connectivity index (χ3n) is 4.59. The first-order chi connectivity index (χ1) is 12.6. The highest BCUT2D eigenvalue weighted by Gasteiger charge is 2.28. The summed E-state index contributed by atoms with van der Waals surface area (Å²) < 4.78 is 0. The van der Waals surface area contributed by atoms with Gasteiger partial charge in [-0.1, -0.05) is 65.4 Å². The highest BCUT2D eigenvalue weighted by atomic mass is 32.2. The van der Waals surface area contributed by atoms with Gasteiger partial charge in [0.1, 0.15) is 6.61 Å². The fraction of sp³-hybridized carbons (Fsp3) is 0.333. The third-order valence-corrected chi connectivity index (χ3v) is 5.47. The molecule has 1 aliphatic heterocycles. The normalized spacial score (nSPS) is 21.0. The lowest BCUT2D eigenvalue weighted by Crippen LogP contribution is -2.22. The predicted octanol–water partition coefficient (Wildman–Crippen LogP) is 4.68. The third kappa shape index (κ3) is 4.67. The number of hydrogen-bond acceptors (Lipinski definition) is 5. The summed E-state index contributed by atoms with van der Waals surface area (Å²) in [5.41, 5.74) is 9.92. The van der Waals surface area contributed by atoms with Gasteiger partial charge in [0.15, 0.2) is 5.17 Å². The Morgan fingerprint density at radius 3 is 2.85 bits per heavy atom. The Morgan fingerprint density at radius 2 is 2.04 bits per heavy atom. The molecule has 0 fully saturated rings. The average molecular weight is 368 g/mol. The van der Waals surface area contributed by atoms with Gasteiger partial charge >= 0.3 is 0 Å². The van der Waals surface area contributed by atoms with Gasteiger partial charge in [0, 0.05) is 5.75 Å². The van der Waals surface area contributed by atoms with Crippen molar-refractivity contribution in [3.05, 3.63) is 71.3 Å². The van der Waals surface area contributed by atoms with Crippen LogP contribution in [0.2, 0.25) is 0 Å². The van der Waals surface area contributed by atoms with Crippen LogP contribution < -0.4 is 5.73 Å². The Bertz CT molecular complexity index is 804. The minimum Gasteiger partial charge on any atom is -0.391 e. The molecule has 2 aromatic rings. The summed E-state index contributed by atoms with van der Waals surface area (Å²) >= 11 is 1.64. The van der Waals surface area contributed by atoms with E-state index in [0.29, 0.717) is 11.8 Å². The molecule has 0 bridgehead atoms. The van der Waals surface area contributed by atoms with Crippen molar-refractivity contribution in [2.24, 2.45) is 15.9 Å². The molecule has 0 saturated heterocycles. The second-order valence-electron chi connectivity index (χ2n) is 6.69. The van der Waals surface area contributed by atoms with Gasteiger partial charge in [0.2, 0.25) is 0 Å². The van der Waals surface area contributed by atoms with Gasteiger partial charge in [-0.2, -0.15) is 0 Å². The highest BCUT2D eigenvalue weighted by Crippen LogP contribution is 2.34. The average Bonchev–Trinajstić information content (AvgIpc) is 2.84. The molecular formula is C21H25N3OS. The molecule has 5 heteroatoms. The zero-order valence-corrected chi connectivity index (χ0v) is 16.1. The fourth-order valence-corrected chi connectivity index (χ4v) is 3.81.